The lowest BCUT2D eigenvalue weighted by Crippen LogP contribution is -2.53. The van der Waals surface area contributed by atoms with Crippen molar-refractivity contribution in [3.05, 3.63) is 100 Å². The molecule has 0 spiro atoms. The summed E-state index contributed by atoms with van der Waals surface area (Å²) in [6, 6.07) is 20.9. The Morgan fingerprint density at radius 1 is 0.974 bits per heavy atom. The van der Waals surface area contributed by atoms with Crippen LogP contribution in [0.3, 0.4) is 0 Å². The smallest absolute Gasteiger partial charge is 0.244 e. The highest BCUT2D eigenvalue weighted by Gasteiger charge is 2.33. The SMILES string of the molecule is CCCCNC(=O)C(Cc1ccccc1)N(Cc1ccccc1F)C(=O)CN(c1ccccc1Br)S(C)(=O)=O. The van der Waals surface area contributed by atoms with E-state index in [1.165, 1.54) is 11.0 Å². The lowest BCUT2D eigenvalue weighted by molar-refractivity contribution is -0.140. The van der Waals surface area contributed by atoms with E-state index in [9.17, 15) is 22.4 Å². The number of anilines is 1. The van der Waals surface area contributed by atoms with Crippen molar-refractivity contribution in [2.24, 2.45) is 0 Å². The van der Waals surface area contributed by atoms with Gasteiger partial charge in [-0.25, -0.2) is 12.8 Å². The fraction of sp³-hybridized carbons (Fsp3) is 0.310. The molecule has 0 saturated carbocycles. The molecule has 1 unspecified atom stereocenters. The molecule has 0 saturated heterocycles. The number of benzene rings is 3. The Bertz CT molecular complexity index is 1370. The van der Waals surface area contributed by atoms with Gasteiger partial charge < -0.3 is 10.2 Å². The Morgan fingerprint density at radius 2 is 1.62 bits per heavy atom. The second-order valence-electron chi connectivity index (χ2n) is 9.18. The molecular weight excluding hydrogens is 585 g/mol. The summed E-state index contributed by atoms with van der Waals surface area (Å²) in [7, 11) is -3.89. The molecule has 2 amide bonds. The maximum absolute atomic E-state index is 14.8. The first-order chi connectivity index (χ1) is 18.6. The number of halogens is 2. The first kappa shape index (κ1) is 30.3. The lowest BCUT2D eigenvalue weighted by atomic mass is 10.0. The van der Waals surface area contributed by atoms with Gasteiger partial charge in [0.2, 0.25) is 21.8 Å². The molecule has 208 valence electrons. The van der Waals surface area contributed by atoms with Crippen molar-refractivity contribution in [1.82, 2.24) is 10.2 Å². The van der Waals surface area contributed by atoms with Gasteiger partial charge in [0.05, 0.1) is 11.9 Å². The molecule has 3 rings (SSSR count). The van der Waals surface area contributed by atoms with Crippen LogP contribution in [0.25, 0.3) is 0 Å². The second kappa shape index (κ2) is 14.2. The van der Waals surface area contributed by atoms with E-state index in [2.05, 4.69) is 21.2 Å². The Labute approximate surface area is 238 Å². The number of nitrogens with zero attached hydrogens (tertiary/aromatic N) is 2. The highest BCUT2D eigenvalue weighted by molar-refractivity contribution is 9.10. The van der Waals surface area contributed by atoms with E-state index >= 15 is 0 Å². The number of amides is 2. The predicted octanol–water partition coefficient (Wildman–Crippen LogP) is 4.91. The van der Waals surface area contributed by atoms with Gasteiger partial charge in [0.1, 0.15) is 18.4 Å². The van der Waals surface area contributed by atoms with Crippen molar-refractivity contribution in [3.63, 3.8) is 0 Å². The molecule has 0 aromatic heterocycles. The largest absolute Gasteiger partial charge is 0.354 e. The van der Waals surface area contributed by atoms with Gasteiger partial charge >= 0.3 is 0 Å². The molecule has 0 aliphatic carbocycles. The summed E-state index contributed by atoms with van der Waals surface area (Å²) in [6.07, 6.45) is 2.82. The van der Waals surface area contributed by atoms with Crippen LogP contribution in [0.2, 0.25) is 0 Å². The molecule has 1 atom stereocenters. The lowest BCUT2D eigenvalue weighted by Gasteiger charge is -2.33. The Kier molecular flexibility index (Phi) is 11.1. The van der Waals surface area contributed by atoms with E-state index in [1.54, 1.807) is 42.5 Å². The van der Waals surface area contributed by atoms with Crippen LogP contribution >= 0.6 is 15.9 Å². The summed E-state index contributed by atoms with van der Waals surface area (Å²) in [5.41, 5.74) is 1.31. The maximum Gasteiger partial charge on any atom is 0.244 e. The average Bonchev–Trinajstić information content (AvgIpc) is 2.90. The van der Waals surface area contributed by atoms with Crippen LogP contribution in [0.15, 0.2) is 83.3 Å². The average molecular weight is 619 g/mol. The van der Waals surface area contributed by atoms with Gasteiger partial charge in [-0.1, -0.05) is 74.0 Å². The quantitative estimate of drug-likeness (QED) is 0.276. The second-order valence-corrected chi connectivity index (χ2v) is 11.9. The van der Waals surface area contributed by atoms with Crippen molar-refractivity contribution in [3.8, 4) is 0 Å². The molecule has 0 bridgehead atoms. The highest BCUT2D eigenvalue weighted by atomic mass is 79.9. The number of nitrogens with one attached hydrogen (secondary N) is 1. The van der Waals surface area contributed by atoms with Crippen molar-refractivity contribution >= 4 is 43.5 Å². The van der Waals surface area contributed by atoms with E-state index in [0.717, 1.165) is 29.0 Å². The van der Waals surface area contributed by atoms with Gasteiger partial charge in [-0.05, 0) is 46.1 Å². The van der Waals surface area contributed by atoms with Crippen LogP contribution in [0.1, 0.15) is 30.9 Å². The van der Waals surface area contributed by atoms with Crippen LogP contribution in [0.5, 0.6) is 0 Å². The van der Waals surface area contributed by atoms with Gasteiger partial charge in [-0.15, -0.1) is 0 Å². The molecule has 0 radical (unpaired) electrons. The van der Waals surface area contributed by atoms with Gasteiger partial charge in [-0.2, -0.15) is 0 Å². The maximum atomic E-state index is 14.8. The molecule has 39 heavy (non-hydrogen) atoms. The van der Waals surface area contributed by atoms with Crippen LogP contribution in [0.4, 0.5) is 10.1 Å². The summed E-state index contributed by atoms with van der Waals surface area (Å²) < 4.78 is 41.9. The predicted molar refractivity (Wildman–Crippen MR) is 155 cm³/mol. The monoisotopic (exact) mass is 617 g/mol. The third-order valence-electron chi connectivity index (χ3n) is 6.20. The molecular formula is C29H33BrFN3O4S. The van der Waals surface area contributed by atoms with Gasteiger partial charge in [-0.3, -0.25) is 13.9 Å². The summed E-state index contributed by atoms with van der Waals surface area (Å²) in [5.74, 6) is -1.54. The first-order valence-corrected chi connectivity index (χ1v) is 15.3. The van der Waals surface area contributed by atoms with E-state index in [-0.39, 0.29) is 30.1 Å². The van der Waals surface area contributed by atoms with Crippen molar-refractivity contribution in [2.75, 3.05) is 23.7 Å². The Morgan fingerprint density at radius 3 is 2.26 bits per heavy atom. The fourth-order valence-corrected chi connectivity index (χ4v) is 5.60. The summed E-state index contributed by atoms with van der Waals surface area (Å²) in [5, 5.41) is 2.90. The molecule has 7 nitrogen and oxygen atoms in total. The zero-order valence-electron chi connectivity index (χ0n) is 22.0. The number of hydrogen-bond donors (Lipinski definition) is 1. The van der Waals surface area contributed by atoms with Crippen LogP contribution < -0.4 is 9.62 Å². The molecule has 10 heteroatoms. The summed E-state index contributed by atoms with van der Waals surface area (Å²) >= 11 is 3.37. The molecule has 1 N–H and O–H groups in total. The zero-order valence-corrected chi connectivity index (χ0v) is 24.4. The minimum Gasteiger partial charge on any atom is -0.354 e. The van der Waals surface area contributed by atoms with E-state index in [4.69, 9.17) is 0 Å². The Balaban J connectivity index is 2.05. The third kappa shape index (κ3) is 8.63. The van der Waals surface area contributed by atoms with Crippen molar-refractivity contribution in [2.45, 2.75) is 38.8 Å². The number of carbonyl (C=O) groups is 2. The summed E-state index contributed by atoms with van der Waals surface area (Å²) in [4.78, 5) is 28.8. The van der Waals surface area contributed by atoms with Crippen molar-refractivity contribution in [1.29, 1.82) is 0 Å². The first-order valence-electron chi connectivity index (χ1n) is 12.7. The topological polar surface area (TPSA) is 86.8 Å². The number of para-hydroxylation sites is 1. The van der Waals surface area contributed by atoms with Crippen molar-refractivity contribution < 1.29 is 22.4 Å². The van der Waals surface area contributed by atoms with Gasteiger partial charge in [0, 0.05) is 29.5 Å². The zero-order chi connectivity index (χ0) is 28.4. The highest BCUT2D eigenvalue weighted by Crippen LogP contribution is 2.28. The normalized spacial score (nSPS) is 12.0. The standard InChI is InChI=1S/C29H33BrFN3O4S/c1-3-4-18-32-29(36)27(19-22-12-6-5-7-13-22)33(20-23-14-8-10-16-25(23)31)28(35)21-34(39(2,37)38)26-17-11-9-15-24(26)30/h5-17,27H,3-4,18-21H2,1-2H3,(H,32,36). The summed E-state index contributed by atoms with van der Waals surface area (Å²) in [6.45, 7) is 1.65. The van der Waals surface area contributed by atoms with E-state index in [0.29, 0.717) is 11.0 Å². The van der Waals surface area contributed by atoms with E-state index in [1.807, 2.05) is 37.3 Å². The molecule has 0 heterocycles. The molecule has 3 aromatic rings. The minimum atomic E-state index is -3.89. The number of hydrogen-bond acceptors (Lipinski definition) is 4. The number of sulfonamides is 1. The van der Waals surface area contributed by atoms with Crippen LogP contribution in [-0.4, -0.2) is 50.5 Å². The number of unbranched alkanes of at least 4 members (excludes halogenated alkanes) is 1. The van der Waals surface area contributed by atoms with Crippen LogP contribution in [0, 0.1) is 5.82 Å². The molecule has 0 aliphatic heterocycles. The minimum absolute atomic E-state index is 0.174. The van der Waals surface area contributed by atoms with E-state index < -0.39 is 34.3 Å². The van der Waals surface area contributed by atoms with Crippen LogP contribution in [-0.2, 0) is 32.6 Å². The molecule has 0 aliphatic rings. The number of rotatable bonds is 13. The fourth-order valence-electron chi connectivity index (χ4n) is 4.12. The molecule has 3 aromatic carbocycles. The third-order valence-corrected chi connectivity index (χ3v) is 8.00. The Hall–Kier alpha value is -3.24. The number of carbonyl (C=O) groups excluding carboxylic acids is 2. The van der Waals surface area contributed by atoms with Gasteiger partial charge in [0.15, 0.2) is 0 Å². The van der Waals surface area contributed by atoms with Gasteiger partial charge in [0.25, 0.3) is 0 Å². The molecule has 0 fully saturated rings.